The molecule has 4 aromatic rings. The number of rotatable bonds is 7. The average molecular weight is 619 g/mol. The number of amides is 1. The fourth-order valence-electron chi connectivity index (χ4n) is 4.36. The summed E-state index contributed by atoms with van der Waals surface area (Å²) in [5.74, 6) is -2.05. The number of hydrogen-bond acceptors (Lipinski definition) is 8. The maximum Gasteiger partial charge on any atom is 0.350 e. The van der Waals surface area contributed by atoms with Crippen molar-refractivity contribution in [3.8, 4) is 5.75 Å². The molecule has 1 saturated heterocycles. The van der Waals surface area contributed by atoms with Crippen molar-refractivity contribution in [1.29, 1.82) is 0 Å². The Hall–Kier alpha value is -4.28. The molecule has 1 aliphatic rings. The molecule has 1 amide bonds. The van der Waals surface area contributed by atoms with Crippen molar-refractivity contribution in [3.63, 3.8) is 0 Å². The minimum Gasteiger partial charge on any atom is -0.507 e. The van der Waals surface area contributed by atoms with Crippen molar-refractivity contribution >= 4 is 55.8 Å². The number of carbonyl (C=O) groups is 3. The molecule has 8 nitrogen and oxygen atoms in total. The Morgan fingerprint density at radius 1 is 1.02 bits per heavy atom. The quantitative estimate of drug-likeness (QED) is 0.114. The molecule has 2 heterocycles. The highest BCUT2D eigenvalue weighted by Crippen LogP contribution is 2.44. The second-order valence-corrected chi connectivity index (χ2v) is 10.8. The lowest BCUT2D eigenvalue weighted by Crippen LogP contribution is -2.29. The van der Waals surface area contributed by atoms with Crippen LogP contribution in [-0.4, -0.2) is 34.9 Å². The zero-order chi connectivity index (χ0) is 28.4. The van der Waals surface area contributed by atoms with Crippen LogP contribution >= 0.6 is 27.3 Å². The molecule has 3 aromatic carbocycles. The van der Waals surface area contributed by atoms with Gasteiger partial charge in [-0.3, -0.25) is 14.5 Å². The molecule has 1 N–H and O–H groups in total. The maximum absolute atomic E-state index is 13.4. The van der Waals surface area contributed by atoms with Crippen LogP contribution < -0.4 is 9.64 Å². The number of nitrogens with zero attached hydrogens (tertiary/aromatic N) is 2. The first kappa shape index (κ1) is 27.3. The normalized spacial score (nSPS) is 16.3. The second-order valence-electron chi connectivity index (χ2n) is 8.92. The third-order valence-corrected chi connectivity index (χ3v) is 8.03. The summed E-state index contributed by atoms with van der Waals surface area (Å²) in [4.78, 5) is 44.9. The number of ether oxygens (including phenoxy) is 2. The van der Waals surface area contributed by atoms with E-state index in [2.05, 4.69) is 20.9 Å². The number of aryl methyl sites for hydroxylation is 1. The van der Waals surface area contributed by atoms with Gasteiger partial charge in [0.25, 0.3) is 5.78 Å². The Morgan fingerprint density at radius 3 is 2.35 bits per heavy atom. The molecule has 1 unspecified atom stereocenters. The van der Waals surface area contributed by atoms with Crippen LogP contribution in [0.2, 0.25) is 0 Å². The number of aliphatic hydroxyl groups is 1. The summed E-state index contributed by atoms with van der Waals surface area (Å²) in [6.45, 7) is 2.00. The highest BCUT2D eigenvalue weighted by Gasteiger charge is 2.48. The van der Waals surface area contributed by atoms with E-state index in [1.807, 2.05) is 30.3 Å². The van der Waals surface area contributed by atoms with Gasteiger partial charge in [-0.05, 0) is 54.4 Å². The van der Waals surface area contributed by atoms with Gasteiger partial charge in [0.15, 0.2) is 5.13 Å². The van der Waals surface area contributed by atoms with Gasteiger partial charge in [-0.2, -0.15) is 0 Å². The fourth-order valence-corrected chi connectivity index (χ4v) is 5.64. The van der Waals surface area contributed by atoms with Gasteiger partial charge >= 0.3 is 11.9 Å². The van der Waals surface area contributed by atoms with Crippen LogP contribution in [0.1, 0.15) is 38.1 Å². The van der Waals surface area contributed by atoms with Gasteiger partial charge in [0.05, 0.1) is 24.4 Å². The van der Waals surface area contributed by atoms with E-state index in [-0.39, 0.29) is 21.3 Å². The lowest BCUT2D eigenvalue weighted by atomic mass is 9.95. The summed E-state index contributed by atoms with van der Waals surface area (Å²) in [5.41, 5.74) is 2.22. The van der Waals surface area contributed by atoms with Crippen molar-refractivity contribution < 1.29 is 29.0 Å². The molecule has 1 aliphatic heterocycles. The molecular weight excluding hydrogens is 596 g/mol. The average Bonchev–Trinajstić information content (AvgIpc) is 3.48. The first-order valence-corrected chi connectivity index (χ1v) is 13.8. The number of carbonyl (C=O) groups excluding carboxylic acids is 3. The SMILES string of the molecule is COC(=O)c1sc(N2C(=O)C(=O)/C(=C(/O)c3ccc(OCc4ccccc4)cc3)C2c2ccc(Br)cc2)nc1C. The number of methoxy groups -OCH3 is 1. The molecule has 1 fully saturated rings. The lowest BCUT2D eigenvalue weighted by molar-refractivity contribution is -0.132. The summed E-state index contributed by atoms with van der Waals surface area (Å²) < 4.78 is 11.5. The van der Waals surface area contributed by atoms with Crippen molar-refractivity contribution in [1.82, 2.24) is 4.98 Å². The zero-order valence-corrected chi connectivity index (χ0v) is 23.9. The summed E-state index contributed by atoms with van der Waals surface area (Å²) >= 11 is 4.36. The first-order valence-electron chi connectivity index (χ1n) is 12.2. The molecule has 0 saturated carbocycles. The zero-order valence-electron chi connectivity index (χ0n) is 21.5. The van der Waals surface area contributed by atoms with Gasteiger partial charge in [-0.1, -0.05) is 69.7 Å². The van der Waals surface area contributed by atoms with Crippen molar-refractivity contribution in [2.24, 2.45) is 0 Å². The molecule has 1 atom stereocenters. The number of aromatic nitrogens is 1. The molecular formula is C30H23BrN2O6S. The monoisotopic (exact) mass is 618 g/mol. The predicted molar refractivity (Wildman–Crippen MR) is 154 cm³/mol. The standard InChI is InChI=1S/C30H23BrN2O6S/c1-17-27(29(37)38-2)40-30(32-17)33-24(19-8-12-21(31)13-9-19)23(26(35)28(33)36)25(34)20-10-14-22(15-11-20)39-16-18-6-4-3-5-7-18/h3-15,24,34H,16H2,1-2H3/b25-23+. The van der Waals surface area contributed by atoms with Gasteiger partial charge in [-0.25, -0.2) is 9.78 Å². The van der Waals surface area contributed by atoms with E-state index in [1.165, 1.54) is 12.0 Å². The van der Waals surface area contributed by atoms with Crippen LogP contribution in [-0.2, 0) is 20.9 Å². The predicted octanol–water partition coefficient (Wildman–Crippen LogP) is 6.21. The van der Waals surface area contributed by atoms with E-state index < -0.39 is 23.7 Å². The van der Waals surface area contributed by atoms with Gasteiger partial charge in [0.1, 0.15) is 23.0 Å². The largest absolute Gasteiger partial charge is 0.507 e. The molecule has 202 valence electrons. The minimum atomic E-state index is -0.974. The van der Waals surface area contributed by atoms with Crippen LogP contribution in [0.3, 0.4) is 0 Å². The number of anilines is 1. The van der Waals surface area contributed by atoms with Gasteiger partial charge in [0.2, 0.25) is 0 Å². The fraction of sp³-hybridized carbons (Fsp3) is 0.133. The van der Waals surface area contributed by atoms with E-state index >= 15 is 0 Å². The van der Waals surface area contributed by atoms with Crippen LogP contribution in [0.4, 0.5) is 5.13 Å². The molecule has 1 aromatic heterocycles. The third kappa shape index (κ3) is 5.28. The molecule has 0 spiro atoms. The number of Topliss-reactive ketones (excluding diaryl/α,β-unsaturated/α-hetero) is 1. The number of esters is 1. The Balaban J connectivity index is 1.54. The number of ketones is 1. The highest BCUT2D eigenvalue weighted by atomic mass is 79.9. The molecule has 5 rings (SSSR count). The number of thiazole rings is 1. The van der Waals surface area contributed by atoms with E-state index in [0.717, 1.165) is 21.4 Å². The smallest absolute Gasteiger partial charge is 0.350 e. The second kappa shape index (κ2) is 11.4. The molecule has 0 radical (unpaired) electrons. The van der Waals surface area contributed by atoms with Crippen LogP contribution in [0, 0.1) is 6.92 Å². The van der Waals surface area contributed by atoms with Gasteiger partial charge < -0.3 is 14.6 Å². The van der Waals surface area contributed by atoms with Crippen LogP contribution in [0.15, 0.2) is 88.9 Å². The van der Waals surface area contributed by atoms with E-state index in [1.54, 1.807) is 55.5 Å². The van der Waals surface area contributed by atoms with Crippen molar-refractivity contribution in [2.75, 3.05) is 12.0 Å². The van der Waals surface area contributed by atoms with Gasteiger partial charge in [-0.15, -0.1) is 0 Å². The third-order valence-electron chi connectivity index (χ3n) is 6.37. The molecule has 0 aliphatic carbocycles. The number of hydrogen-bond donors (Lipinski definition) is 1. The summed E-state index contributed by atoms with van der Waals surface area (Å²) in [6.07, 6.45) is 0. The van der Waals surface area contributed by atoms with Gasteiger partial charge in [0, 0.05) is 10.0 Å². The molecule has 10 heteroatoms. The number of benzene rings is 3. The molecule has 0 bridgehead atoms. The van der Waals surface area contributed by atoms with Crippen molar-refractivity contribution in [3.05, 3.63) is 116 Å². The Labute approximate surface area is 242 Å². The maximum atomic E-state index is 13.4. The van der Waals surface area contributed by atoms with Crippen LogP contribution in [0.5, 0.6) is 5.75 Å². The summed E-state index contributed by atoms with van der Waals surface area (Å²) in [5, 5.41) is 11.5. The van der Waals surface area contributed by atoms with E-state index in [4.69, 9.17) is 9.47 Å². The Bertz CT molecular complexity index is 1610. The number of aliphatic hydroxyl groups excluding tert-OH is 1. The van der Waals surface area contributed by atoms with E-state index in [9.17, 15) is 19.5 Å². The lowest BCUT2D eigenvalue weighted by Gasteiger charge is -2.23. The first-order chi connectivity index (χ1) is 19.3. The Morgan fingerprint density at radius 2 is 1.70 bits per heavy atom. The minimum absolute atomic E-state index is 0.0854. The number of halogens is 1. The van der Waals surface area contributed by atoms with Crippen molar-refractivity contribution in [2.45, 2.75) is 19.6 Å². The van der Waals surface area contributed by atoms with Crippen LogP contribution in [0.25, 0.3) is 5.76 Å². The summed E-state index contributed by atoms with van der Waals surface area (Å²) in [6, 6.07) is 22.4. The Kier molecular flexibility index (Phi) is 7.81. The van der Waals surface area contributed by atoms with E-state index in [0.29, 0.717) is 29.2 Å². The summed E-state index contributed by atoms with van der Waals surface area (Å²) in [7, 11) is 1.26. The topological polar surface area (TPSA) is 106 Å². The molecule has 40 heavy (non-hydrogen) atoms. The highest BCUT2D eigenvalue weighted by molar-refractivity contribution is 9.10.